The van der Waals surface area contributed by atoms with Crippen LogP contribution in [0, 0.1) is 0 Å². The SMILES string of the molecule is O=C(O)CN(Cc1ccccn1)C1CCCC[C@H]1N(CC(=O)Nc1cc(C(F)(F)F)cc(C(F)(F)F)c1)Cc1ccccn1. The van der Waals surface area contributed by atoms with Crippen LogP contribution in [-0.2, 0) is 35.0 Å². The summed E-state index contributed by atoms with van der Waals surface area (Å²) < 4.78 is 80.3. The maximum absolute atomic E-state index is 13.4. The van der Waals surface area contributed by atoms with Crippen molar-refractivity contribution < 1.29 is 41.0 Å². The van der Waals surface area contributed by atoms with Crippen LogP contribution in [0.2, 0.25) is 0 Å². The third-order valence-electron chi connectivity index (χ3n) is 7.37. The molecule has 1 amide bonds. The zero-order chi connectivity index (χ0) is 31.9. The Morgan fingerprint density at radius 3 is 1.66 bits per heavy atom. The Labute approximate surface area is 249 Å². The third kappa shape index (κ3) is 9.23. The number of aliphatic carboxylic acids is 1. The summed E-state index contributed by atoms with van der Waals surface area (Å²) in [5, 5.41) is 11.9. The van der Waals surface area contributed by atoms with Crippen LogP contribution in [0.5, 0.6) is 0 Å². The van der Waals surface area contributed by atoms with Crippen LogP contribution in [0.15, 0.2) is 67.0 Å². The summed E-state index contributed by atoms with van der Waals surface area (Å²) in [5.41, 5.74) is -2.49. The van der Waals surface area contributed by atoms with Crippen molar-refractivity contribution in [3.05, 3.63) is 89.5 Å². The molecule has 1 fully saturated rings. The number of rotatable bonds is 11. The van der Waals surface area contributed by atoms with Gasteiger partial charge in [0.15, 0.2) is 0 Å². The minimum atomic E-state index is -5.07. The van der Waals surface area contributed by atoms with Gasteiger partial charge in [-0.1, -0.05) is 25.0 Å². The maximum Gasteiger partial charge on any atom is 0.416 e. The lowest BCUT2D eigenvalue weighted by atomic mass is 9.87. The highest BCUT2D eigenvalue weighted by Crippen LogP contribution is 2.37. The number of aromatic nitrogens is 2. The van der Waals surface area contributed by atoms with E-state index in [0.29, 0.717) is 36.4 Å². The van der Waals surface area contributed by atoms with Gasteiger partial charge in [0, 0.05) is 43.3 Å². The molecule has 3 aromatic rings. The molecule has 2 N–H and O–H groups in total. The first-order valence-electron chi connectivity index (χ1n) is 13.9. The topological polar surface area (TPSA) is 98.7 Å². The summed E-state index contributed by atoms with van der Waals surface area (Å²) in [6, 6.07) is 10.7. The smallest absolute Gasteiger partial charge is 0.416 e. The van der Waals surface area contributed by atoms with E-state index in [-0.39, 0.29) is 44.3 Å². The van der Waals surface area contributed by atoms with Crippen molar-refractivity contribution >= 4 is 17.6 Å². The molecule has 4 rings (SSSR count). The van der Waals surface area contributed by atoms with Gasteiger partial charge in [0.05, 0.1) is 35.6 Å². The van der Waals surface area contributed by atoms with Crippen molar-refractivity contribution in [2.45, 2.75) is 63.2 Å². The molecule has 2 atom stereocenters. The highest BCUT2D eigenvalue weighted by atomic mass is 19.4. The molecular weight excluding hydrogens is 592 g/mol. The number of hydrogen-bond acceptors (Lipinski definition) is 6. The molecule has 44 heavy (non-hydrogen) atoms. The Balaban J connectivity index is 1.63. The molecule has 0 spiro atoms. The molecular formula is C30H31F6N5O3. The number of benzene rings is 1. The molecule has 1 aliphatic carbocycles. The van der Waals surface area contributed by atoms with E-state index in [1.165, 1.54) is 0 Å². The van der Waals surface area contributed by atoms with Crippen LogP contribution in [0.3, 0.4) is 0 Å². The molecule has 0 radical (unpaired) electrons. The molecule has 1 unspecified atom stereocenters. The number of hydrogen-bond donors (Lipinski definition) is 2. The summed E-state index contributed by atoms with van der Waals surface area (Å²) in [6.07, 6.45) is -4.22. The molecule has 14 heteroatoms. The van der Waals surface area contributed by atoms with Crippen molar-refractivity contribution in [2.24, 2.45) is 0 Å². The van der Waals surface area contributed by atoms with Gasteiger partial charge >= 0.3 is 18.3 Å². The van der Waals surface area contributed by atoms with Gasteiger partial charge in [-0.2, -0.15) is 26.3 Å². The first-order valence-corrected chi connectivity index (χ1v) is 13.9. The van der Waals surface area contributed by atoms with Gasteiger partial charge < -0.3 is 10.4 Å². The number of carbonyl (C=O) groups is 2. The number of nitrogens with zero attached hydrogens (tertiary/aromatic N) is 4. The Hall–Kier alpha value is -4.04. The number of anilines is 1. The van der Waals surface area contributed by atoms with E-state index in [4.69, 9.17) is 0 Å². The van der Waals surface area contributed by atoms with Gasteiger partial charge in [0.1, 0.15) is 0 Å². The minimum Gasteiger partial charge on any atom is -0.480 e. The van der Waals surface area contributed by atoms with E-state index in [2.05, 4.69) is 15.3 Å². The Morgan fingerprint density at radius 2 is 1.25 bits per heavy atom. The normalized spacial score (nSPS) is 17.5. The van der Waals surface area contributed by atoms with E-state index in [1.807, 2.05) is 0 Å². The fourth-order valence-electron chi connectivity index (χ4n) is 5.51. The molecule has 8 nitrogen and oxygen atoms in total. The molecule has 1 aromatic carbocycles. The standard InChI is InChI=1S/C30H31F6N5O3/c31-29(32,33)20-13-21(30(34,35)36)15-24(14-20)39-27(42)18-40(16-22-7-3-5-11-37-22)25-9-1-2-10-26(25)41(19-28(43)44)17-23-8-4-6-12-38-23/h3-8,11-15,25-26H,1-2,9-10,16-19H2,(H,39,42)(H,43,44)/t25-,26?/m1/s1. The Kier molecular flexibility index (Phi) is 10.6. The van der Waals surface area contributed by atoms with Crippen LogP contribution in [0.1, 0.15) is 48.2 Å². The number of pyridine rings is 2. The number of amides is 1. The quantitative estimate of drug-likeness (QED) is 0.259. The van der Waals surface area contributed by atoms with Crippen LogP contribution in [-0.4, -0.2) is 61.9 Å². The van der Waals surface area contributed by atoms with Gasteiger partial charge in [-0.3, -0.25) is 29.4 Å². The van der Waals surface area contributed by atoms with E-state index in [0.717, 1.165) is 12.8 Å². The lowest BCUT2D eigenvalue weighted by Gasteiger charge is -2.44. The average Bonchev–Trinajstić information content (AvgIpc) is 2.96. The summed E-state index contributed by atoms with van der Waals surface area (Å²) in [6.45, 7) is -0.329. The second kappa shape index (κ2) is 14.2. The van der Waals surface area contributed by atoms with Crippen molar-refractivity contribution in [3.63, 3.8) is 0 Å². The fourth-order valence-corrected chi connectivity index (χ4v) is 5.51. The lowest BCUT2D eigenvalue weighted by Crippen LogP contribution is -2.55. The van der Waals surface area contributed by atoms with E-state index < -0.39 is 41.0 Å². The number of carboxylic acids is 1. The van der Waals surface area contributed by atoms with Crippen LogP contribution in [0.4, 0.5) is 32.0 Å². The highest BCUT2D eigenvalue weighted by Gasteiger charge is 2.38. The number of alkyl halides is 6. The number of nitrogens with one attached hydrogen (secondary N) is 1. The van der Waals surface area contributed by atoms with Gasteiger partial charge in [-0.15, -0.1) is 0 Å². The maximum atomic E-state index is 13.4. The van der Waals surface area contributed by atoms with Crippen LogP contribution >= 0.6 is 0 Å². The molecule has 236 valence electrons. The zero-order valence-electron chi connectivity index (χ0n) is 23.5. The summed E-state index contributed by atoms with van der Waals surface area (Å²) in [5.74, 6) is -1.88. The highest BCUT2D eigenvalue weighted by molar-refractivity contribution is 5.92. The predicted molar refractivity (Wildman–Crippen MR) is 148 cm³/mol. The van der Waals surface area contributed by atoms with Gasteiger partial charge in [-0.05, 0) is 55.3 Å². The van der Waals surface area contributed by atoms with E-state index >= 15 is 0 Å². The van der Waals surface area contributed by atoms with Crippen LogP contribution < -0.4 is 5.32 Å². The largest absolute Gasteiger partial charge is 0.480 e. The van der Waals surface area contributed by atoms with Crippen molar-refractivity contribution in [1.82, 2.24) is 19.8 Å². The molecule has 1 aliphatic rings. The van der Waals surface area contributed by atoms with Gasteiger partial charge in [0.2, 0.25) is 5.91 Å². The van der Waals surface area contributed by atoms with Gasteiger partial charge in [0.25, 0.3) is 0 Å². The third-order valence-corrected chi connectivity index (χ3v) is 7.37. The molecule has 2 aromatic heterocycles. The van der Waals surface area contributed by atoms with Crippen molar-refractivity contribution in [1.29, 1.82) is 0 Å². The monoisotopic (exact) mass is 623 g/mol. The second-order valence-electron chi connectivity index (χ2n) is 10.6. The molecule has 0 bridgehead atoms. The zero-order valence-corrected chi connectivity index (χ0v) is 23.5. The number of carbonyl (C=O) groups excluding carboxylic acids is 1. The average molecular weight is 624 g/mol. The Morgan fingerprint density at radius 1 is 0.773 bits per heavy atom. The first-order chi connectivity index (χ1) is 20.8. The molecule has 2 heterocycles. The summed E-state index contributed by atoms with van der Waals surface area (Å²) in [4.78, 5) is 37.3. The fraction of sp³-hybridized carbons (Fsp3) is 0.400. The minimum absolute atomic E-state index is 0.00567. The van der Waals surface area contributed by atoms with Crippen molar-refractivity contribution in [2.75, 3.05) is 18.4 Å². The van der Waals surface area contributed by atoms with Crippen molar-refractivity contribution in [3.8, 4) is 0 Å². The second-order valence-corrected chi connectivity index (χ2v) is 10.6. The predicted octanol–water partition coefficient (Wildman–Crippen LogP) is 5.85. The van der Waals surface area contributed by atoms with Crippen LogP contribution in [0.25, 0.3) is 0 Å². The first kappa shape index (κ1) is 32.9. The number of halogens is 6. The van der Waals surface area contributed by atoms with E-state index in [9.17, 15) is 41.0 Å². The molecule has 0 saturated heterocycles. The molecule has 1 saturated carbocycles. The molecule has 0 aliphatic heterocycles. The lowest BCUT2D eigenvalue weighted by molar-refractivity contribution is -0.143. The van der Waals surface area contributed by atoms with E-state index in [1.54, 1.807) is 58.6 Å². The van der Waals surface area contributed by atoms with Gasteiger partial charge in [-0.25, -0.2) is 0 Å². The summed E-state index contributed by atoms with van der Waals surface area (Å²) >= 11 is 0. The Bertz CT molecular complexity index is 1370. The number of carboxylic acid groups (broad SMARTS) is 1. The summed E-state index contributed by atoms with van der Waals surface area (Å²) in [7, 11) is 0.